The molecule has 0 bridgehead atoms. The van der Waals surface area contributed by atoms with Gasteiger partial charge in [0.2, 0.25) is 0 Å². The molecule has 0 atom stereocenters. The molecule has 50 valence electrons. The second kappa shape index (κ2) is 2.32. The Bertz CT molecular complexity index is 284. The van der Waals surface area contributed by atoms with Crippen molar-refractivity contribution in [3.05, 3.63) is 23.8 Å². The SMILES string of the molecule is C#Cc1ccc(N)cc1N. The van der Waals surface area contributed by atoms with E-state index < -0.39 is 0 Å². The zero-order valence-corrected chi connectivity index (χ0v) is 5.46. The number of rotatable bonds is 0. The minimum atomic E-state index is 0.558. The first kappa shape index (κ1) is 6.50. The summed E-state index contributed by atoms with van der Waals surface area (Å²) in [4.78, 5) is 0. The molecule has 0 fully saturated rings. The van der Waals surface area contributed by atoms with Crippen molar-refractivity contribution in [2.24, 2.45) is 0 Å². The van der Waals surface area contributed by atoms with Gasteiger partial charge in [0.25, 0.3) is 0 Å². The lowest BCUT2D eigenvalue weighted by molar-refractivity contribution is 1.62. The third-order valence-corrected chi connectivity index (χ3v) is 1.23. The van der Waals surface area contributed by atoms with Gasteiger partial charge in [0, 0.05) is 16.9 Å². The molecule has 2 heteroatoms. The van der Waals surface area contributed by atoms with Crippen molar-refractivity contribution in [1.29, 1.82) is 0 Å². The fraction of sp³-hybridized carbons (Fsp3) is 0. The van der Waals surface area contributed by atoms with Crippen LogP contribution in [0, 0.1) is 12.3 Å². The van der Waals surface area contributed by atoms with Gasteiger partial charge >= 0.3 is 0 Å². The fourth-order valence-electron chi connectivity index (χ4n) is 0.713. The molecule has 0 saturated carbocycles. The van der Waals surface area contributed by atoms with E-state index in [-0.39, 0.29) is 0 Å². The Labute approximate surface area is 59.8 Å². The number of hydrogen-bond acceptors (Lipinski definition) is 2. The Kier molecular flexibility index (Phi) is 1.51. The first-order chi connectivity index (χ1) is 4.74. The monoisotopic (exact) mass is 132 g/mol. The second-order valence-electron chi connectivity index (χ2n) is 1.99. The molecule has 1 aromatic rings. The van der Waals surface area contributed by atoms with E-state index in [0.717, 1.165) is 0 Å². The molecule has 0 radical (unpaired) electrons. The zero-order valence-electron chi connectivity index (χ0n) is 5.46. The van der Waals surface area contributed by atoms with Gasteiger partial charge in [-0.3, -0.25) is 0 Å². The molecule has 1 aromatic carbocycles. The standard InChI is InChI=1S/C8H8N2/c1-2-6-3-4-7(9)5-8(6)10/h1,3-5H,9-10H2. The highest BCUT2D eigenvalue weighted by Crippen LogP contribution is 2.13. The van der Waals surface area contributed by atoms with Crippen molar-refractivity contribution in [2.75, 3.05) is 11.5 Å². The van der Waals surface area contributed by atoms with Crippen LogP contribution in [0.4, 0.5) is 11.4 Å². The van der Waals surface area contributed by atoms with Crippen molar-refractivity contribution >= 4 is 11.4 Å². The Morgan fingerprint density at radius 3 is 2.50 bits per heavy atom. The molecule has 0 aliphatic carbocycles. The summed E-state index contributed by atoms with van der Waals surface area (Å²) in [5.74, 6) is 2.44. The van der Waals surface area contributed by atoms with Gasteiger partial charge < -0.3 is 11.5 Å². The maximum absolute atomic E-state index is 5.51. The number of benzene rings is 1. The summed E-state index contributed by atoms with van der Waals surface area (Å²) in [6.07, 6.45) is 5.13. The molecule has 0 spiro atoms. The molecule has 0 aromatic heterocycles. The fourth-order valence-corrected chi connectivity index (χ4v) is 0.713. The first-order valence-electron chi connectivity index (χ1n) is 2.85. The van der Waals surface area contributed by atoms with Crippen molar-refractivity contribution in [1.82, 2.24) is 0 Å². The average molecular weight is 132 g/mol. The lowest BCUT2D eigenvalue weighted by Gasteiger charge is -1.97. The Balaban J connectivity index is 3.23. The molecular formula is C8H8N2. The molecule has 10 heavy (non-hydrogen) atoms. The van der Waals surface area contributed by atoms with Crippen LogP contribution in [0.15, 0.2) is 18.2 Å². The average Bonchev–Trinajstić information content (AvgIpc) is 1.88. The topological polar surface area (TPSA) is 52.0 Å². The minimum absolute atomic E-state index is 0.558. The van der Waals surface area contributed by atoms with Gasteiger partial charge in [0.15, 0.2) is 0 Å². The Morgan fingerprint density at radius 1 is 1.30 bits per heavy atom. The number of anilines is 2. The summed E-state index contributed by atoms with van der Waals surface area (Å²) in [6.45, 7) is 0. The van der Waals surface area contributed by atoms with Gasteiger partial charge in [-0.05, 0) is 18.2 Å². The largest absolute Gasteiger partial charge is 0.399 e. The first-order valence-corrected chi connectivity index (χ1v) is 2.85. The summed E-state index contributed by atoms with van der Waals surface area (Å²) in [6, 6.07) is 5.10. The summed E-state index contributed by atoms with van der Waals surface area (Å²) < 4.78 is 0. The van der Waals surface area contributed by atoms with Crippen LogP contribution in [0.2, 0.25) is 0 Å². The molecule has 1 rings (SSSR count). The highest BCUT2D eigenvalue weighted by Gasteiger charge is 1.93. The number of nitrogen functional groups attached to an aromatic ring is 2. The van der Waals surface area contributed by atoms with Crippen LogP contribution >= 0.6 is 0 Å². The molecule has 0 aliphatic rings. The Morgan fingerprint density at radius 2 is 2.00 bits per heavy atom. The predicted molar refractivity (Wildman–Crippen MR) is 43.2 cm³/mol. The van der Waals surface area contributed by atoms with Crippen molar-refractivity contribution in [3.8, 4) is 12.3 Å². The predicted octanol–water partition coefficient (Wildman–Crippen LogP) is 0.832. The van der Waals surface area contributed by atoms with Crippen LogP contribution in [0.5, 0.6) is 0 Å². The van der Waals surface area contributed by atoms with Crippen molar-refractivity contribution < 1.29 is 0 Å². The van der Waals surface area contributed by atoms with Crippen LogP contribution in [-0.4, -0.2) is 0 Å². The van der Waals surface area contributed by atoms with Crippen LogP contribution in [0.1, 0.15) is 5.56 Å². The van der Waals surface area contributed by atoms with E-state index in [0.29, 0.717) is 16.9 Å². The highest BCUT2D eigenvalue weighted by molar-refractivity contribution is 5.61. The van der Waals surface area contributed by atoms with Crippen LogP contribution < -0.4 is 11.5 Å². The van der Waals surface area contributed by atoms with Gasteiger partial charge in [0.05, 0.1) is 0 Å². The van der Waals surface area contributed by atoms with Crippen LogP contribution in [0.25, 0.3) is 0 Å². The summed E-state index contributed by atoms with van der Waals surface area (Å²) in [5.41, 5.74) is 12.8. The van der Waals surface area contributed by atoms with E-state index in [4.69, 9.17) is 17.9 Å². The smallest absolute Gasteiger partial charge is 0.0493 e. The molecule has 0 amide bonds. The molecule has 0 unspecified atom stereocenters. The summed E-state index contributed by atoms with van der Waals surface area (Å²) in [7, 11) is 0. The van der Waals surface area contributed by atoms with Crippen molar-refractivity contribution in [3.63, 3.8) is 0 Å². The van der Waals surface area contributed by atoms with Gasteiger partial charge in [-0.1, -0.05) is 5.92 Å². The number of hydrogen-bond donors (Lipinski definition) is 2. The lowest BCUT2D eigenvalue weighted by atomic mass is 10.2. The molecule has 2 nitrogen and oxygen atoms in total. The molecule has 0 aliphatic heterocycles. The Hall–Kier alpha value is -1.62. The summed E-state index contributed by atoms with van der Waals surface area (Å²) in [5, 5.41) is 0. The third kappa shape index (κ3) is 1.03. The molecule has 0 saturated heterocycles. The van der Waals surface area contributed by atoms with E-state index in [9.17, 15) is 0 Å². The van der Waals surface area contributed by atoms with Gasteiger partial charge in [-0.15, -0.1) is 6.42 Å². The minimum Gasteiger partial charge on any atom is -0.399 e. The van der Waals surface area contributed by atoms with Crippen LogP contribution in [0.3, 0.4) is 0 Å². The zero-order chi connectivity index (χ0) is 7.56. The lowest BCUT2D eigenvalue weighted by Crippen LogP contribution is -1.92. The quantitative estimate of drug-likeness (QED) is 0.406. The van der Waals surface area contributed by atoms with E-state index in [2.05, 4.69) is 5.92 Å². The van der Waals surface area contributed by atoms with E-state index in [1.54, 1.807) is 18.2 Å². The van der Waals surface area contributed by atoms with E-state index >= 15 is 0 Å². The van der Waals surface area contributed by atoms with Gasteiger partial charge in [0.1, 0.15) is 0 Å². The number of terminal acetylenes is 1. The number of nitrogens with two attached hydrogens (primary N) is 2. The molecular weight excluding hydrogens is 124 g/mol. The van der Waals surface area contributed by atoms with E-state index in [1.165, 1.54) is 0 Å². The van der Waals surface area contributed by atoms with Gasteiger partial charge in [-0.25, -0.2) is 0 Å². The van der Waals surface area contributed by atoms with E-state index in [1.807, 2.05) is 0 Å². The third-order valence-electron chi connectivity index (χ3n) is 1.23. The van der Waals surface area contributed by atoms with Crippen LogP contribution in [-0.2, 0) is 0 Å². The van der Waals surface area contributed by atoms with Crippen molar-refractivity contribution in [2.45, 2.75) is 0 Å². The highest BCUT2D eigenvalue weighted by atomic mass is 14.6. The normalized spacial score (nSPS) is 8.70. The van der Waals surface area contributed by atoms with Gasteiger partial charge in [-0.2, -0.15) is 0 Å². The molecule has 4 N–H and O–H groups in total. The summed E-state index contributed by atoms with van der Waals surface area (Å²) >= 11 is 0. The maximum atomic E-state index is 5.51. The second-order valence-corrected chi connectivity index (χ2v) is 1.99. The maximum Gasteiger partial charge on any atom is 0.0493 e. The molecule has 0 heterocycles.